The molecule has 1 aliphatic heterocycles. The maximum Gasteiger partial charge on any atom is 0.194 e. The summed E-state index contributed by atoms with van der Waals surface area (Å²) in [5.41, 5.74) is 4.61. The molecule has 3 heterocycles. The lowest BCUT2D eigenvalue weighted by atomic mass is 10.00. The monoisotopic (exact) mass is 564 g/mol. The van der Waals surface area contributed by atoms with Gasteiger partial charge in [-0.1, -0.05) is 23.8 Å². The summed E-state index contributed by atoms with van der Waals surface area (Å²) in [5, 5.41) is 12.0. The summed E-state index contributed by atoms with van der Waals surface area (Å²) in [6.45, 7) is 10.8. The van der Waals surface area contributed by atoms with Gasteiger partial charge in [-0.05, 0) is 31.9 Å². The SMILES string of the molecule is CCNC(=NCCNc1ncnc2c1cnn2C)N1CCOC(c2ccc(C)cc2C)C1.I. The Balaban J connectivity index is 0.00000306. The predicted molar refractivity (Wildman–Crippen MR) is 142 cm³/mol. The molecule has 1 aliphatic rings. The van der Waals surface area contributed by atoms with E-state index in [4.69, 9.17) is 9.73 Å². The highest BCUT2D eigenvalue weighted by Crippen LogP contribution is 2.26. The number of aryl methyl sites for hydroxylation is 3. The summed E-state index contributed by atoms with van der Waals surface area (Å²) in [6, 6.07) is 6.56. The Kier molecular flexibility index (Phi) is 8.84. The van der Waals surface area contributed by atoms with Crippen LogP contribution < -0.4 is 10.6 Å². The molecule has 1 aromatic carbocycles. The van der Waals surface area contributed by atoms with E-state index in [0.717, 1.165) is 42.4 Å². The Hall–Kier alpha value is -2.47. The predicted octanol–water partition coefficient (Wildman–Crippen LogP) is 3.05. The van der Waals surface area contributed by atoms with E-state index in [0.29, 0.717) is 19.7 Å². The molecule has 1 unspecified atom stereocenters. The Morgan fingerprint density at radius 1 is 1.27 bits per heavy atom. The minimum atomic E-state index is 0. The maximum atomic E-state index is 6.11. The third kappa shape index (κ3) is 5.91. The van der Waals surface area contributed by atoms with Crippen LogP contribution in [0.1, 0.15) is 29.7 Å². The fourth-order valence-corrected chi connectivity index (χ4v) is 4.08. The largest absolute Gasteiger partial charge is 0.370 e. The zero-order valence-corrected chi connectivity index (χ0v) is 22.0. The number of ether oxygens (including phenoxy) is 1. The standard InChI is InChI=1S/C23H32N8O.HI/c1-5-24-23(26-9-8-25-21-19-13-29-30(4)22(19)28-15-27-21)31-10-11-32-20(14-31)18-7-6-16(2)12-17(18)3;/h6-7,12-13,15,20H,5,8-11,14H2,1-4H3,(H,24,26)(H,25,27,28);1H. The second-order valence-electron chi connectivity index (χ2n) is 8.06. The number of morpholine rings is 1. The number of nitrogens with one attached hydrogen (secondary N) is 2. The fraction of sp³-hybridized carbons (Fsp3) is 0.478. The van der Waals surface area contributed by atoms with Crippen LogP contribution in [0.15, 0.2) is 35.7 Å². The highest BCUT2D eigenvalue weighted by atomic mass is 127. The highest BCUT2D eigenvalue weighted by Gasteiger charge is 2.25. The normalized spacial score (nSPS) is 16.5. The van der Waals surface area contributed by atoms with Gasteiger partial charge in [-0.15, -0.1) is 24.0 Å². The second-order valence-corrected chi connectivity index (χ2v) is 8.06. The van der Waals surface area contributed by atoms with E-state index in [2.05, 4.69) is 69.6 Å². The molecule has 10 heteroatoms. The molecule has 0 spiro atoms. The van der Waals surface area contributed by atoms with Gasteiger partial charge in [0.1, 0.15) is 18.2 Å². The molecule has 1 fully saturated rings. The Labute approximate surface area is 212 Å². The van der Waals surface area contributed by atoms with Crippen molar-refractivity contribution >= 4 is 46.8 Å². The topological polar surface area (TPSA) is 92.5 Å². The average Bonchev–Trinajstić information content (AvgIpc) is 3.17. The van der Waals surface area contributed by atoms with Gasteiger partial charge in [0.15, 0.2) is 11.6 Å². The van der Waals surface area contributed by atoms with E-state index in [1.165, 1.54) is 16.7 Å². The molecule has 2 N–H and O–H groups in total. The first-order chi connectivity index (χ1) is 15.6. The van der Waals surface area contributed by atoms with E-state index in [9.17, 15) is 0 Å². The van der Waals surface area contributed by atoms with Crippen LogP contribution in [0.5, 0.6) is 0 Å². The third-order valence-electron chi connectivity index (χ3n) is 5.67. The van der Waals surface area contributed by atoms with Crippen molar-refractivity contribution < 1.29 is 4.74 Å². The zero-order valence-electron chi connectivity index (χ0n) is 19.7. The molecule has 33 heavy (non-hydrogen) atoms. The Morgan fingerprint density at radius 2 is 2.12 bits per heavy atom. The summed E-state index contributed by atoms with van der Waals surface area (Å²) in [6.07, 6.45) is 3.39. The summed E-state index contributed by atoms with van der Waals surface area (Å²) in [4.78, 5) is 15.8. The van der Waals surface area contributed by atoms with Crippen molar-refractivity contribution in [3.63, 3.8) is 0 Å². The number of anilines is 1. The average molecular weight is 564 g/mol. The zero-order chi connectivity index (χ0) is 22.5. The number of rotatable bonds is 6. The molecule has 178 valence electrons. The number of halogens is 1. The van der Waals surface area contributed by atoms with E-state index in [1.54, 1.807) is 17.2 Å². The molecule has 1 atom stereocenters. The molecule has 4 rings (SSSR count). The molecular formula is C23H33IN8O. The summed E-state index contributed by atoms with van der Waals surface area (Å²) < 4.78 is 7.86. The molecule has 9 nitrogen and oxygen atoms in total. The third-order valence-corrected chi connectivity index (χ3v) is 5.67. The number of hydrogen-bond donors (Lipinski definition) is 2. The lowest BCUT2D eigenvalue weighted by molar-refractivity contribution is -0.00832. The van der Waals surface area contributed by atoms with Gasteiger partial charge in [0.25, 0.3) is 0 Å². The molecular weight excluding hydrogens is 531 g/mol. The molecule has 0 radical (unpaired) electrons. The Bertz CT molecular complexity index is 1100. The van der Waals surface area contributed by atoms with Crippen molar-refractivity contribution in [2.45, 2.75) is 26.9 Å². The van der Waals surface area contributed by atoms with Crippen molar-refractivity contribution in [2.24, 2.45) is 12.0 Å². The van der Waals surface area contributed by atoms with Crippen LogP contribution in [0, 0.1) is 13.8 Å². The van der Waals surface area contributed by atoms with E-state index >= 15 is 0 Å². The molecule has 2 aromatic heterocycles. The Morgan fingerprint density at radius 3 is 2.91 bits per heavy atom. The second kappa shape index (κ2) is 11.6. The smallest absolute Gasteiger partial charge is 0.194 e. The van der Waals surface area contributed by atoms with Gasteiger partial charge in [-0.25, -0.2) is 9.97 Å². The van der Waals surface area contributed by atoms with E-state index in [-0.39, 0.29) is 30.1 Å². The van der Waals surface area contributed by atoms with Gasteiger partial charge in [0.2, 0.25) is 0 Å². The maximum absolute atomic E-state index is 6.11. The molecule has 0 aliphatic carbocycles. The minimum Gasteiger partial charge on any atom is -0.370 e. The number of hydrogen-bond acceptors (Lipinski definition) is 6. The van der Waals surface area contributed by atoms with Crippen molar-refractivity contribution in [3.05, 3.63) is 47.4 Å². The van der Waals surface area contributed by atoms with Crippen LogP contribution in [0.25, 0.3) is 11.0 Å². The quantitative estimate of drug-likeness (QED) is 0.206. The van der Waals surface area contributed by atoms with Gasteiger partial charge in [-0.2, -0.15) is 5.10 Å². The molecule has 3 aromatic rings. The van der Waals surface area contributed by atoms with E-state index < -0.39 is 0 Å². The van der Waals surface area contributed by atoms with E-state index in [1.807, 2.05) is 7.05 Å². The van der Waals surface area contributed by atoms with Gasteiger partial charge < -0.3 is 20.3 Å². The van der Waals surface area contributed by atoms with Crippen molar-refractivity contribution in [1.29, 1.82) is 0 Å². The highest BCUT2D eigenvalue weighted by molar-refractivity contribution is 14.0. The van der Waals surface area contributed by atoms with Crippen molar-refractivity contribution in [1.82, 2.24) is 30.0 Å². The van der Waals surface area contributed by atoms with Gasteiger partial charge in [-0.3, -0.25) is 9.67 Å². The first kappa shape index (κ1) is 25.2. The first-order valence-electron chi connectivity index (χ1n) is 11.2. The number of nitrogens with zero attached hydrogens (tertiary/aromatic N) is 6. The van der Waals surface area contributed by atoms with Crippen molar-refractivity contribution in [2.75, 3.05) is 44.6 Å². The summed E-state index contributed by atoms with van der Waals surface area (Å²) >= 11 is 0. The van der Waals surface area contributed by atoms with Gasteiger partial charge >= 0.3 is 0 Å². The number of benzene rings is 1. The minimum absolute atomic E-state index is 0. The van der Waals surface area contributed by atoms with Crippen LogP contribution in [-0.2, 0) is 11.8 Å². The number of aromatic nitrogens is 4. The van der Waals surface area contributed by atoms with Crippen LogP contribution in [-0.4, -0.2) is 69.9 Å². The molecule has 0 amide bonds. The van der Waals surface area contributed by atoms with Crippen molar-refractivity contribution in [3.8, 4) is 0 Å². The molecule has 0 saturated carbocycles. The first-order valence-corrected chi connectivity index (χ1v) is 11.2. The molecule has 1 saturated heterocycles. The van der Waals surface area contributed by atoms with Crippen LogP contribution in [0.4, 0.5) is 5.82 Å². The van der Waals surface area contributed by atoms with Crippen LogP contribution in [0.3, 0.4) is 0 Å². The number of aliphatic imine (C=N–C) groups is 1. The van der Waals surface area contributed by atoms with Gasteiger partial charge in [0, 0.05) is 26.7 Å². The van der Waals surface area contributed by atoms with Crippen LogP contribution in [0.2, 0.25) is 0 Å². The molecule has 0 bridgehead atoms. The summed E-state index contributed by atoms with van der Waals surface area (Å²) in [5.74, 6) is 1.70. The number of fused-ring (bicyclic) bond motifs is 1. The fourth-order valence-electron chi connectivity index (χ4n) is 4.08. The van der Waals surface area contributed by atoms with Crippen LogP contribution >= 0.6 is 24.0 Å². The summed E-state index contributed by atoms with van der Waals surface area (Å²) in [7, 11) is 1.87. The van der Waals surface area contributed by atoms with Gasteiger partial charge in [0.05, 0.1) is 31.3 Å². The number of guanidine groups is 1. The lowest BCUT2D eigenvalue weighted by Gasteiger charge is -2.36. The lowest BCUT2D eigenvalue weighted by Crippen LogP contribution is -2.48.